The van der Waals surface area contributed by atoms with Crippen molar-refractivity contribution in [1.29, 1.82) is 0 Å². The zero-order valence-electron chi connectivity index (χ0n) is 20.0. The fourth-order valence-electron chi connectivity index (χ4n) is 4.97. The average Bonchev–Trinajstić information content (AvgIpc) is 2.77. The van der Waals surface area contributed by atoms with Gasteiger partial charge in [0.15, 0.2) is 10.9 Å². The standard InChI is InChI=1S/C28H29N3O2S/c1-16-9-11-18(12-10-16)22-23-20(13-28(3,4)14-21(23)32)29-25-24(22)26(33)31-27(30-25)34-15-19-8-6-5-7-17(19)2/h5-12,22H,13-15H2,1-4H3,(H2,29,30,31,33)/t22-/m1/s1. The van der Waals surface area contributed by atoms with Crippen LogP contribution in [-0.2, 0) is 10.5 Å². The van der Waals surface area contributed by atoms with Crippen LogP contribution in [0.5, 0.6) is 0 Å². The maximum atomic E-state index is 13.4. The summed E-state index contributed by atoms with van der Waals surface area (Å²) >= 11 is 1.51. The molecule has 0 amide bonds. The van der Waals surface area contributed by atoms with E-state index >= 15 is 0 Å². The molecule has 1 aromatic heterocycles. The number of allylic oxidation sites excluding steroid dienone is 2. The molecule has 1 aliphatic carbocycles. The molecule has 3 aromatic rings. The molecule has 0 spiro atoms. The fraction of sp³-hybridized carbons (Fsp3) is 0.321. The minimum atomic E-state index is -0.415. The molecule has 0 radical (unpaired) electrons. The van der Waals surface area contributed by atoms with E-state index in [1.165, 1.54) is 22.9 Å². The van der Waals surface area contributed by atoms with Gasteiger partial charge in [0.05, 0.1) is 5.56 Å². The van der Waals surface area contributed by atoms with E-state index in [1.54, 1.807) is 0 Å². The maximum Gasteiger partial charge on any atom is 0.257 e. The zero-order valence-corrected chi connectivity index (χ0v) is 20.8. The molecule has 0 bridgehead atoms. The number of rotatable bonds is 4. The van der Waals surface area contributed by atoms with Gasteiger partial charge in [-0.25, -0.2) is 4.98 Å². The molecular formula is C28H29N3O2S. The van der Waals surface area contributed by atoms with Crippen LogP contribution in [0.4, 0.5) is 5.82 Å². The van der Waals surface area contributed by atoms with E-state index in [9.17, 15) is 9.59 Å². The van der Waals surface area contributed by atoms with Crippen molar-refractivity contribution in [3.8, 4) is 0 Å². The lowest BCUT2D eigenvalue weighted by atomic mass is 9.69. The van der Waals surface area contributed by atoms with E-state index in [-0.39, 0.29) is 16.8 Å². The number of thioether (sulfide) groups is 1. The van der Waals surface area contributed by atoms with E-state index in [4.69, 9.17) is 4.98 Å². The van der Waals surface area contributed by atoms with Crippen LogP contribution in [0.15, 0.2) is 69.8 Å². The average molecular weight is 472 g/mol. The summed E-state index contributed by atoms with van der Waals surface area (Å²) in [5.41, 5.74) is 6.31. The predicted octanol–water partition coefficient (Wildman–Crippen LogP) is 5.88. The number of aryl methyl sites for hydroxylation is 2. The molecular weight excluding hydrogens is 442 g/mol. The highest BCUT2D eigenvalue weighted by Gasteiger charge is 2.42. The number of benzene rings is 2. The van der Waals surface area contributed by atoms with Crippen molar-refractivity contribution in [2.24, 2.45) is 5.41 Å². The van der Waals surface area contributed by atoms with Crippen molar-refractivity contribution < 1.29 is 4.79 Å². The lowest BCUT2D eigenvalue weighted by Crippen LogP contribution is -2.37. The molecule has 5 nitrogen and oxygen atoms in total. The Balaban J connectivity index is 1.59. The summed E-state index contributed by atoms with van der Waals surface area (Å²) in [5, 5.41) is 3.98. The van der Waals surface area contributed by atoms with Crippen LogP contribution in [0, 0.1) is 19.3 Å². The van der Waals surface area contributed by atoms with Gasteiger partial charge in [-0.15, -0.1) is 0 Å². The largest absolute Gasteiger partial charge is 0.343 e. The second kappa shape index (κ2) is 8.58. The molecule has 1 aliphatic heterocycles. The number of carbonyl (C=O) groups is 1. The van der Waals surface area contributed by atoms with Crippen molar-refractivity contribution in [2.45, 2.75) is 57.4 Å². The van der Waals surface area contributed by atoms with Gasteiger partial charge >= 0.3 is 0 Å². The molecule has 2 heterocycles. The normalized spacial score (nSPS) is 18.8. The van der Waals surface area contributed by atoms with Crippen LogP contribution < -0.4 is 10.9 Å². The SMILES string of the molecule is Cc1ccc([C@@H]2C3=C(CC(C)(C)CC3=O)Nc3nc(SCc4ccccc4C)[nH]c(=O)c32)cc1. The number of ketones is 1. The van der Waals surface area contributed by atoms with Crippen molar-refractivity contribution in [3.05, 3.63) is 98.0 Å². The van der Waals surface area contributed by atoms with Gasteiger partial charge in [0.1, 0.15) is 5.82 Å². The predicted molar refractivity (Wildman–Crippen MR) is 137 cm³/mol. The molecule has 1 atom stereocenters. The Kier molecular flexibility index (Phi) is 5.72. The highest BCUT2D eigenvalue weighted by atomic mass is 32.2. The van der Waals surface area contributed by atoms with Crippen LogP contribution >= 0.6 is 11.8 Å². The van der Waals surface area contributed by atoms with Gasteiger partial charge in [0.2, 0.25) is 0 Å². The number of nitrogens with zero attached hydrogens (tertiary/aromatic N) is 1. The zero-order chi connectivity index (χ0) is 24.0. The summed E-state index contributed by atoms with van der Waals surface area (Å²) in [6.45, 7) is 8.34. The van der Waals surface area contributed by atoms with E-state index in [2.05, 4.69) is 43.2 Å². The second-order valence-electron chi connectivity index (χ2n) is 10.2. The summed E-state index contributed by atoms with van der Waals surface area (Å²) in [6.07, 6.45) is 1.22. The molecule has 2 aromatic carbocycles. The molecule has 34 heavy (non-hydrogen) atoms. The summed E-state index contributed by atoms with van der Waals surface area (Å²) in [5.74, 6) is 0.968. The number of anilines is 1. The smallest absolute Gasteiger partial charge is 0.257 e. The van der Waals surface area contributed by atoms with Gasteiger partial charge in [-0.2, -0.15) is 0 Å². The minimum Gasteiger partial charge on any atom is -0.343 e. The van der Waals surface area contributed by atoms with E-state index in [0.29, 0.717) is 28.5 Å². The van der Waals surface area contributed by atoms with Crippen LogP contribution in [0.3, 0.4) is 0 Å². The van der Waals surface area contributed by atoms with Gasteiger partial charge in [-0.1, -0.05) is 79.7 Å². The Morgan fingerprint density at radius 3 is 2.50 bits per heavy atom. The Bertz CT molecular complexity index is 1370. The maximum absolute atomic E-state index is 13.4. The van der Waals surface area contributed by atoms with Crippen LogP contribution in [0.25, 0.3) is 0 Å². The fourth-order valence-corrected chi connectivity index (χ4v) is 5.91. The molecule has 0 saturated heterocycles. The van der Waals surface area contributed by atoms with E-state index in [1.807, 2.05) is 43.3 Å². The topological polar surface area (TPSA) is 74.8 Å². The number of aromatic amines is 1. The van der Waals surface area contributed by atoms with E-state index in [0.717, 1.165) is 29.0 Å². The number of hydrogen-bond donors (Lipinski definition) is 2. The van der Waals surface area contributed by atoms with Gasteiger partial charge < -0.3 is 10.3 Å². The Hall–Kier alpha value is -3.12. The van der Waals surface area contributed by atoms with Crippen molar-refractivity contribution in [2.75, 3.05) is 5.32 Å². The first-order chi connectivity index (χ1) is 16.2. The lowest BCUT2D eigenvalue weighted by molar-refractivity contribution is -0.118. The number of aromatic nitrogens is 2. The highest BCUT2D eigenvalue weighted by molar-refractivity contribution is 7.98. The minimum absolute atomic E-state index is 0.104. The molecule has 0 saturated carbocycles. The Morgan fingerprint density at radius 1 is 1.03 bits per heavy atom. The van der Waals surface area contributed by atoms with Crippen LogP contribution in [-0.4, -0.2) is 15.8 Å². The number of fused-ring (bicyclic) bond motifs is 1. The first-order valence-electron chi connectivity index (χ1n) is 11.6. The number of nitrogens with one attached hydrogen (secondary N) is 2. The van der Waals surface area contributed by atoms with Crippen molar-refractivity contribution >= 4 is 23.4 Å². The van der Waals surface area contributed by atoms with Crippen molar-refractivity contribution in [1.82, 2.24) is 9.97 Å². The Labute approximate surface area is 204 Å². The number of Topliss-reactive ketones (excluding diaryl/α,β-unsaturated/α-hetero) is 1. The highest BCUT2D eigenvalue weighted by Crippen LogP contribution is 2.47. The van der Waals surface area contributed by atoms with Crippen molar-refractivity contribution in [3.63, 3.8) is 0 Å². The molecule has 2 N–H and O–H groups in total. The first kappa shape index (κ1) is 22.7. The summed E-state index contributed by atoms with van der Waals surface area (Å²) in [6, 6.07) is 16.3. The number of hydrogen-bond acceptors (Lipinski definition) is 5. The molecule has 6 heteroatoms. The summed E-state index contributed by atoms with van der Waals surface area (Å²) < 4.78 is 0. The summed E-state index contributed by atoms with van der Waals surface area (Å²) in [4.78, 5) is 34.6. The Morgan fingerprint density at radius 2 is 1.76 bits per heavy atom. The van der Waals surface area contributed by atoms with Gasteiger partial charge in [0.25, 0.3) is 5.56 Å². The molecule has 5 rings (SSSR count). The second-order valence-corrected chi connectivity index (χ2v) is 11.1. The molecule has 0 fully saturated rings. The first-order valence-corrected chi connectivity index (χ1v) is 12.6. The van der Waals surface area contributed by atoms with Gasteiger partial charge in [-0.05, 0) is 42.4 Å². The van der Waals surface area contributed by atoms with E-state index < -0.39 is 5.92 Å². The third kappa shape index (κ3) is 4.23. The van der Waals surface area contributed by atoms with Gasteiger partial charge in [-0.3, -0.25) is 9.59 Å². The third-order valence-electron chi connectivity index (χ3n) is 6.74. The monoisotopic (exact) mass is 471 g/mol. The number of H-pyrrole nitrogens is 1. The molecule has 174 valence electrons. The number of carbonyl (C=O) groups excluding carboxylic acids is 1. The third-order valence-corrected chi connectivity index (χ3v) is 7.66. The quantitative estimate of drug-likeness (QED) is 0.367. The summed E-state index contributed by atoms with van der Waals surface area (Å²) in [7, 11) is 0. The molecule has 0 unspecified atom stereocenters. The van der Waals surface area contributed by atoms with Crippen LogP contribution in [0.1, 0.15) is 60.4 Å². The van der Waals surface area contributed by atoms with Gasteiger partial charge in [0, 0.05) is 29.4 Å². The molecule has 2 aliphatic rings. The lowest BCUT2D eigenvalue weighted by Gasteiger charge is -2.38. The van der Waals surface area contributed by atoms with Crippen LogP contribution in [0.2, 0.25) is 0 Å².